The van der Waals surface area contributed by atoms with Crippen LogP contribution in [0.1, 0.15) is 48.5 Å². The van der Waals surface area contributed by atoms with Gasteiger partial charge in [0.15, 0.2) is 0 Å². The van der Waals surface area contributed by atoms with Crippen LogP contribution in [0, 0.1) is 0 Å². The summed E-state index contributed by atoms with van der Waals surface area (Å²) < 4.78 is 0. The zero-order chi connectivity index (χ0) is 18.4. The number of nitrogens with one attached hydrogen (secondary N) is 2. The van der Waals surface area contributed by atoms with Crippen molar-refractivity contribution >= 4 is 11.8 Å². The molecule has 136 valence electrons. The van der Waals surface area contributed by atoms with Crippen LogP contribution in [0.4, 0.5) is 0 Å². The number of hydrogen-bond acceptors (Lipinski definition) is 2. The van der Waals surface area contributed by atoms with Gasteiger partial charge in [-0.1, -0.05) is 48.5 Å². The fourth-order valence-corrected chi connectivity index (χ4v) is 3.90. The minimum absolute atomic E-state index is 0.0274. The molecular weight excluding hydrogens is 324 g/mol. The van der Waals surface area contributed by atoms with E-state index in [-0.39, 0.29) is 23.3 Å². The Balaban J connectivity index is 1.73. The van der Waals surface area contributed by atoms with Gasteiger partial charge in [0.25, 0.3) is 5.91 Å². The normalized spacial score (nSPS) is 22.4. The van der Waals surface area contributed by atoms with Crippen molar-refractivity contribution in [3.63, 3.8) is 0 Å². The highest BCUT2D eigenvalue weighted by atomic mass is 16.2. The van der Waals surface area contributed by atoms with Gasteiger partial charge in [-0.3, -0.25) is 9.59 Å². The first kappa shape index (κ1) is 18.2. The molecule has 0 bridgehead atoms. The maximum absolute atomic E-state index is 12.5. The molecule has 1 saturated carbocycles. The first-order chi connectivity index (χ1) is 12.6. The van der Waals surface area contributed by atoms with Crippen molar-refractivity contribution in [2.75, 3.05) is 6.54 Å². The van der Waals surface area contributed by atoms with E-state index in [2.05, 4.69) is 34.9 Å². The van der Waals surface area contributed by atoms with Gasteiger partial charge >= 0.3 is 0 Å². The van der Waals surface area contributed by atoms with Crippen LogP contribution in [-0.2, 0) is 10.2 Å². The molecule has 0 spiro atoms. The van der Waals surface area contributed by atoms with Crippen molar-refractivity contribution < 1.29 is 9.59 Å². The number of hydrogen-bond donors (Lipinski definition) is 2. The lowest BCUT2D eigenvalue weighted by Crippen LogP contribution is -2.47. The van der Waals surface area contributed by atoms with Crippen molar-refractivity contribution in [3.8, 4) is 0 Å². The average Bonchev–Trinajstić information content (AvgIpc) is 2.68. The molecule has 2 amide bonds. The quantitative estimate of drug-likeness (QED) is 0.868. The summed E-state index contributed by atoms with van der Waals surface area (Å²) in [4.78, 5) is 23.8. The second-order valence-electron chi connectivity index (χ2n) is 7.17. The molecule has 2 aromatic rings. The molecule has 3 rings (SSSR count). The molecule has 1 aliphatic rings. The van der Waals surface area contributed by atoms with Gasteiger partial charge in [-0.2, -0.15) is 0 Å². The molecule has 26 heavy (non-hydrogen) atoms. The van der Waals surface area contributed by atoms with Crippen molar-refractivity contribution in [3.05, 3.63) is 71.8 Å². The third-order valence-electron chi connectivity index (χ3n) is 5.36. The Morgan fingerprint density at radius 2 is 1.54 bits per heavy atom. The molecule has 0 radical (unpaired) electrons. The molecular formula is C22H26N2O2. The van der Waals surface area contributed by atoms with E-state index in [0.717, 1.165) is 25.7 Å². The van der Waals surface area contributed by atoms with E-state index in [0.29, 0.717) is 12.1 Å². The molecule has 4 heteroatoms. The summed E-state index contributed by atoms with van der Waals surface area (Å²) in [5.41, 5.74) is 1.86. The van der Waals surface area contributed by atoms with Crippen molar-refractivity contribution in [1.82, 2.24) is 10.6 Å². The third-order valence-corrected chi connectivity index (χ3v) is 5.36. The van der Waals surface area contributed by atoms with Crippen molar-refractivity contribution in [1.29, 1.82) is 0 Å². The van der Waals surface area contributed by atoms with Crippen LogP contribution in [0.15, 0.2) is 60.7 Å². The number of carbonyl (C=O) groups excluding carboxylic acids is 2. The molecule has 1 fully saturated rings. The molecule has 2 N–H and O–H groups in total. The molecule has 0 heterocycles. The Morgan fingerprint density at radius 1 is 0.962 bits per heavy atom. The van der Waals surface area contributed by atoms with Gasteiger partial charge < -0.3 is 10.6 Å². The highest BCUT2D eigenvalue weighted by Gasteiger charge is 2.37. The summed E-state index contributed by atoms with van der Waals surface area (Å²) >= 11 is 0. The Labute approximate surface area is 155 Å². The Morgan fingerprint density at radius 3 is 2.12 bits per heavy atom. The smallest absolute Gasteiger partial charge is 0.251 e. The predicted octanol–water partition coefficient (Wildman–Crippen LogP) is 3.43. The lowest BCUT2D eigenvalue weighted by molar-refractivity contribution is -0.119. The van der Waals surface area contributed by atoms with E-state index in [1.54, 1.807) is 6.92 Å². The summed E-state index contributed by atoms with van der Waals surface area (Å²) in [5, 5.41) is 6.17. The van der Waals surface area contributed by atoms with Crippen LogP contribution >= 0.6 is 0 Å². The second-order valence-corrected chi connectivity index (χ2v) is 7.17. The molecule has 0 aromatic heterocycles. The Bertz CT molecular complexity index is 735. The van der Waals surface area contributed by atoms with Gasteiger partial charge in [-0.15, -0.1) is 0 Å². The van der Waals surface area contributed by atoms with Gasteiger partial charge in [0, 0.05) is 30.5 Å². The average molecular weight is 350 g/mol. The maximum Gasteiger partial charge on any atom is 0.251 e. The van der Waals surface area contributed by atoms with E-state index >= 15 is 0 Å². The van der Waals surface area contributed by atoms with Gasteiger partial charge in [0.1, 0.15) is 0 Å². The largest absolute Gasteiger partial charge is 0.354 e. The Kier molecular flexibility index (Phi) is 5.71. The molecule has 4 nitrogen and oxygen atoms in total. The summed E-state index contributed by atoms with van der Waals surface area (Å²) in [7, 11) is 0. The summed E-state index contributed by atoms with van der Waals surface area (Å²) in [5.74, 6) is -0.00974. The third kappa shape index (κ3) is 4.31. The van der Waals surface area contributed by atoms with Crippen LogP contribution < -0.4 is 10.6 Å². The zero-order valence-electron chi connectivity index (χ0n) is 15.2. The van der Waals surface area contributed by atoms with Crippen LogP contribution in [-0.4, -0.2) is 24.4 Å². The highest BCUT2D eigenvalue weighted by Crippen LogP contribution is 2.39. The van der Waals surface area contributed by atoms with E-state index in [9.17, 15) is 9.59 Å². The minimum atomic E-state index is -0.0827. The van der Waals surface area contributed by atoms with E-state index < -0.39 is 0 Å². The second kappa shape index (κ2) is 8.17. The molecule has 1 aliphatic carbocycles. The molecule has 0 unspecified atom stereocenters. The first-order valence-electron chi connectivity index (χ1n) is 9.25. The van der Waals surface area contributed by atoms with Crippen LogP contribution in [0.5, 0.6) is 0 Å². The lowest BCUT2D eigenvalue weighted by atomic mass is 9.68. The summed E-state index contributed by atoms with van der Waals surface area (Å²) in [6, 6.07) is 20.0. The summed E-state index contributed by atoms with van der Waals surface area (Å²) in [6.07, 6.45) is 3.74. The molecule has 2 aromatic carbocycles. The van der Waals surface area contributed by atoms with Crippen molar-refractivity contribution in [2.45, 2.75) is 44.1 Å². The molecule has 0 aliphatic heterocycles. The van der Waals surface area contributed by atoms with Gasteiger partial charge in [0.05, 0.1) is 0 Å². The monoisotopic (exact) mass is 350 g/mol. The summed E-state index contributed by atoms with van der Waals surface area (Å²) in [6.45, 7) is 2.18. The van der Waals surface area contributed by atoms with Crippen molar-refractivity contribution in [2.24, 2.45) is 0 Å². The number of amides is 2. The first-order valence-corrected chi connectivity index (χ1v) is 9.25. The number of rotatable bonds is 5. The fraction of sp³-hybridized carbons (Fsp3) is 0.364. The van der Waals surface area contributed by atoms with Crippen LogP contribution in [0.3, 0.4) is 0 Å². The zero-order valence-corrected chi connectivity index (χ0v) is 15.2. The lowest BCUT2D eigenvalue weighted by Gasteiger charge is -2.41. The van der Waals surface area contributed by atoms with Crippen LogP contribution in [0.2, 0.25) is 0 Å². The highest BCUT2D eigenvalue weighted by molar-refractivity contribution is 5.94. The van der Waals surface area contributed by atoms with Gasteiger partial charge in [-0.05, 0) is 43.4 Å². The molecule has 0 atom stereocenters. The number of carbonyl (C=O) groups is 2. The fourth-order valence-electron chi connectivity index (χ4n) is 3.90. The van der Waals surface area contributed by atoms with Crippen LogP contribution in [0.25, 0.3) is 0 Å². The standard InChI is InChI=1S/C22H26N2O2/c1-17(25)24-20-12-14-22(15-13-20,19-10-6-3-7-11-19)16-23-21(26)18-8-4-2-5-9-18/h2-11,20H,12-16H2,1H3,(H,23,26)(H,24,25). The van der Waals surface area contributed by atoms with E-state index in [4.69, 9.17) is 0 Å². The Hall–Kier alpha value is -2.62. The van der Waals surface area contributed by atoms with Gasteiger partial charge in [0.2, 0.25) is 5.91 Å². The minimum Gasteiger partial charge on any atom is -0.354 e. The SMILES string of the molecule is CC(=O)NC1CCC(CNC(=O)c2ccccc2)(c2ccccc2)CC1. The van der Waals surface area contributed by atoms with Gasteiger partial charge in [-0.25, -0.2) is 0 Å². The maximum atomic E-state index is 12.5. The predicted molar refractivity (Wildman–Crippen MR) is 103 cm³/mol. The molecule has 0 saturated heterocycles. The van der Waals surface area contributed by atoms with E-state index in [1.165, 1.54) is 5.56 Å². The van der Waals surface area contributed by atoms with E-state index in [1.807, 2.05) is 36.4 Å². The number of benzene rings is 2. The topological polar surface area (TPSA) is 58.2 Å².